The van der Waals surface area contributed by atoms with E-state index in [0.29, 0.717) is 26.2 Å². The molecule has 7 heteroatoms. The van der Waals surface area contributed by atoms with Crippen LogP contribution in [0.2, 0.25) is 0 Å². The molecule has 1 aliphatic heterocycles. The number of carbonyl (C=O) groups excluding carboxylic acids is 2. The Kier molecular flexibility index (Phi) is 5.87. The van der Waals surface area contributed by atoms with Crippen molar-refractivity contribution < 1.29 is 14.3 Å². The van der Waals surface area contributed by atoms with E-state index in [9.17, 15) is 9.59 Å². The second-order valence-electron chi connectivity index (χ2n) is 4.38. The zero-order valence-corrected chi connectivity index (χ0v) is 10.7. The Labute approximate surface area is 107 Å². The Hall–Kier alpha value is -1.34. The summed E-state index contributed by atoms with van der Waals surface area (Å²) in [6, 6.07) is -0.394. The molecule has 0 aromatic rings. The predicted octanol–water partition coefficient (Wildman–Crippen LogP) is -0.990. The van der Waals surface area contributed by atoms with Crippen LogP contribution in [-0.4, -0.2) is 55.2 Å². The molecule has 0 radical (unpaired) electrons. The van der Waals surface area contributed by atoms with E-state index in [-0.39, 0.29) is 12.1 Å². The number of nitrogens with zero attached hydrogens (tertiary/aromatic N) is 1. The highest BCUT2D eigenvalue weighted by Crippen LogP contribution is 2.11. The van der Waals surface area contributed by atoms with E-state index in [1.165, 1.54) is 0 Å². The number of primary amides is 1. The molecule has 1 aliphatic rings. The third kappa shape index (κ3) is 4.50. The van der Waals surface area contributed by atoms with Gasteiger partial charge >= 0.3 is 6.09 Å². The second kappa shape index (κ2) is 7.17. The van der Waals surface area contributed by atoms with Crippen LogP contribution >= 0.6 is 0 Å². The first-order valence-electron chi connectivity index (χ1n) is 6.24. The Morgan fingerprint density at radius 2 is 2.06 bits per heavy atom. The van der Waals surface area contributed by atoms with E-state index in [0.717, 1.165) is 12.8 Å². The highest BCUT2D eigenvalue weighted by molar-refractivity contribution is 5.79. The monoisotopic (exact) mass is 258 g/mol. The lowest BCUT2D eigenvalue weighted by Gasteiger charge is -2.32. The third-order valence-corrected chi connectivity index (χ3v) is 3.01. The molecule has 5 N–H and O–H groups in total. The molecule has 1 rings (SSSR count). The van der Waals surface area contributed by atoms with Gasteiger partial charge < -0.3 is 26.4 Å². The van der Waals surface area contributed by atoms with Crippen molar-refractivity contribution in [2.75, 3.05) is 26.2 Å². The fourth-order valence-electron chi connectivity index (χ4n) is 1.88. The van der Waals surface area contributed by atoms with Gasteiger partial charge in [-0.15, -0.1) is 0 Å². The first kappa shape index (κ1) is 14.7. The van der Waals surface area contributed by atoms with Gasteiger partial charge in [-0.3, -0.25) is 4.79 Å². The largest absolute Gasteiger partial charge is 0.450 e. The topological polar surface area (TPSA) is 111 Å². The lowest BCUT2D eigenvalue weighted by atomic mass is 10.1. The van der Waals surface area contributed by atoms with Crippen LogP contribution in [0.3, 0.4) is 0 Å². The van der Waals surface area contributed by atoms with Crippen molar-refractivity contribution in [3.63, 3.8) is 0 Å². The van der Waals surface area contributed by atoms with Crippen molar-refractivity contribution in [2.24, 2.45) is 11.5 Å². The van der Waals surface area contributed by atoms with Gasteiger partial charge in [0, 0.05) is 25.7 Å². The van der Waals surface area contributed by atoms with Crippen LogP contribution in [0, 0.1) is 0 Å². The summed E-state index contributed by atoms with van der Waals surface area (Å²) in [5.41, 5.74) is 10.6. The zero-order chi connectivity index (χ0) is 13.5. The summed E-state index contributed by atoms with van der Waals surface area (Å²) in [4.78, 5) is 23.9. The molecule has 2 amide bonds. The number of rotatable bonds is 5. The Bertz CT molecular complexity index is 290. The minimum absolute atomic E-state index is 0.259. The average molecular weight is 258 g/mol. The molecule has 0 aromatic carbocycles. The van der Waals surface area contributed by atoms with Crippen LogP contribution in [0.5, 0.6) is 0 Å². The molecule has 104 valence electrons. The van der Waals surface area contributed by atoms with Crippen LogP contribution in [0.4, 0.5) is 4.79 Å². The number of amides is 2. The summed E-state index contributed by atoms with van der Waals surface area (Å²) in [6.07, 6.45) is 1.39. The summed E-state index contributed by atoms with van der Waals surface area (Å²) >= 11 is 0. The van der Waals surface area contributed by atoms with Gasteiger partial charge in [0.2, 0.25) is 5.91 Å². The van der Waals surface area contributed by atoms with E-state index in [4.69, 9.17) is 16.2 Å². The maximum Gasteiger partial charge on any atom is 0.409 e. The maximum absolute atomic E-state index is 11.5. The molecule has 0 aromatic heterocycles. The molecule has 7 nitrogen and oxygen atoms in total. The number of ether oxygens (including phenoxy) is 1. The van der Waals surface area contributed by atoms with Gasteiger partial charge in [-0.2, -0.15) is 0 Å². The van der Waals surface area contributed by atoms with Gasteiger partial charge in [-0.25, -0.2) is 4.79 Å². The summed E-state index contributed by atoms with van der Waals surface area (Å²) in [7, 11) is 0. The minimum atomic E-state index is -0.659. The lowest BCUT2D eigenvalue weighted by Crippen LogP contribution is -2.50. The molecule has 0 saturated carbocycles. The highest BCUT2D eigenvalue weighted by atomic mass is 16.6. The SMILES string of the molecule is CCOC(=O)N1CCC(NCC(N)C(N)=O)CC1. The first-order chi connectivity index (χ1) is 8.54. The minimum Gasteiger partial charge on any atom is -0.450 e. The van der Waals surface area contributed by atoms with Gasteiger partial charge in [0.05, 0.1) is 12.6 Å². The van der Waals surface area contributed by atoms with Gasteiger partial charge in [0.25, 0.3) is 0 Å². The molecule has 0 aliphatic carbocycles. The summed E-state index contributed by atoms with van der Waals surface area (Å²) < 4.78 is 4.93. The average Bonchev–Trinajstić information content (AvgIpc) is 2.36. The van der Waals surface area contributed by atoms with Crippen molar-refractivity contribution in [2.45, 2.75) is 31.8 Å². The van der Waals surface area contributed by atoms with Crippen LogP contribution in [-0.2, 0) is 9.53 Å². The molecule has 0 bridgehead atoms. The molecular formula is C11H22N4O3. The number of nitrogens with two attached hydrogens (primary N) is 2. The van der Waals surface area contributed by atoms with E-state index in [2.05, 4.69) is 5.32 Å². The predicted molar refractivity (Wildman–Crippen MR) is 66.8 cm³/mol. The van der Waals surface area contributed by atoms with E-state index in [1.807, 2.05) is 0 Å². The first-order valence-corrected chi connectivity index (χ1v) is 6.24. The smallest absolute Gasteiger partial charge is 0.409 e. The van der Waals surface area contributed by atoms with E-state index >= 15 is 0 Å². The number of likely N-dealkylation sites (tertiary alicyclic amines) is 1. The number of hydrogen-bond acceptors (Lipinski definition) is 5. The zero-order valence-electron chi connectivity index (χ0n) is 10.7. The molecule has 1 fully saturated rings. The van der Waals surface area contributed by atoms with Crippen LogP contribution in [0.25, 0.3) is 0 Å². The van der Waals surface area contributed by atoms with E-state index < -0.39 is 11.9 Å². The molecule has 0 spiro atoms. The number of carbonyl (C=O) groups is 2. The Morgan fingerprint density at radius 1 is 1.44 bits per heavy atom. The number of nitrogens with one attached hydrogen (secondary N) is 1. The van der Waals surface area contributed by atoms with Gasteiger partial charge in [-0.1, -0.05) is 0 Å². The van der Waals surface area contributed by atoms with Crippen LogP contribution in [0.1, 0.15) is 19.8 Å². The van der Waals surface area contributed by atoms with Gasteiger partial charge in [0.15, 0.2) is 0 Å². The number of piperidine rings is 1. The lowest BCUT2D eigenvalue weighted by molar-refractivity contribution is -0.119. The maximum atomic E-state index is 11.5. The van der Waals surface area contributed by atoms with E-state index in [1.54, 1.807) is 11.8 Å². The Balaban J connectivity index is 2.23. The molecule has 1 unspecified atom stereocenters. The normalized spacial score (nSPS) is 18.4. The second-order valence-corrected chi connectivity index (χ2v) is 4.38. The Morgan fingerprint density at radius 3 is 2.56 bits per heavy atom. The van der Waals surface area contributed by atoms with Crippen LogP contribution < -0.4 is 16.8 Å². The molecule has 1 heterocycles. The fourth-order valence-corrected chi connectivity index (χ4v) is 1.88. The summed E-state index contributed by atoms with van der Waals surface area (Å²) in [6.45, 7) is 3.87. The quantitative estimate of drug-likeness (QED) is 0.586. The van der Waals surface area contributed by atoms with Crippen LogP contribution in [0.15, 0.2) is 0 Å². The molecular weight excluding hydrogens is 236 g/mol. The van der Waals surface area contributed by atoms with Crippen molar-refractivity contribution in [3.05, 3.63) is 0 Å². The summed E-state index contributed by atoms with van der Waals surface area (Å²) in [5, 5.41) is 3.19. The fraction of sp³-hybridized carbons (Fsp3) is 0.818. The van der Waals surface area contributed by atoms with Crippen molar-refractivity contribution in [1.82, 2.24) is 10.2 Å². The molecule has 18 heavy (non-hydrogen) atoms. The van der Waals surface area contributed by atoms with Gasteiger partial charge in [-0.05, 0) is 19.8 Å². The van der Waals surface area contributed by atoms with Crippen molar-refractivity contribution in [1.29, 1.82) is 0 Å². The summed E-state index contributed by atoms with van der Waals surface area (Å²) in [5.74, 6) is -0.508. The highest BCUT2D eigenvalue weighted by Gasteiger charge is 2.23. The molecule has 1 atom stereocenters. The van der Waals surface area contributed by atoms with Crippen molar-refractivity contribution >= 4 is 12.0 Å². The molecule has 1 saturated heterocycles. The number of hydrogen-bond donors (Lipinski definition) is 3. The standard InChI is InChI=1S/C11H22N4O3/c1-2-18-11(17)15-5-3-8(4-6-15)14-7-9(12)10(13)16/h8-9,14H,2-7,12H2,1H3,(H2,13,16). The van der Waals surface area contributed by atoms with Crippen molar-refractivity contribution in [3.8, 4) is 0 Å². The van der Waals surface area contributed by atoms with Gasteiger partial charge in [0.1, 0.15) is 0 Å². The third-order valence-electron chi connectivity index (χ3n) is 3.01.